The van der Waals surface area contributed by atoms with Crippen LogP contribution in [0.3, 0.4) is 0 Å². The van der Waals surface area contributed by atoms with E-state index in [0.29, 0.717) is 71.5 Å². The third-order valence-corrected chi connectivity index (χ3v) is 18.2. The van der Waals surface area contributed by atoms with Gasteiger partial charge in [0.05, 0.1) is 35.2 Å². The van der Waals surface area contributed by atoms with Gasteiger partial charge in [-0.2, -0.15) is 0 Å². The van der Waals surface area contributed by atoms with E-state index in [1.807, 2.05) is 45.9 Å². The number of halogens is 1. The summed E-state index contributed by atoms with van der Waals surface area (Å²) >= 11 is 12.6. The highest BCUT2D eigenvalue weighted by Gasteiger charge is 2.64. The largest absolute Gasteiger partial charge is 0.462 e. The van der Waals surface area contributed by atoms with E-state index < -0.39 is 95.2 Å². The van der Waals surface area contributed by atoms with Crippen molar-refractivity contribution in [2.75, 3.05) is 44.5 Å². The van der Waals surface area contributed by atoms with E-state index in [0.717, 1.165) is 23.1 Å². The third-order valence-electron chi connectivity index (χ3n) is 17.3. The van der Waals surface area contributed by atoms with E-state index in [-0.39, 0.29) is 67.2 Å². The molecule has 10 atom stereocenters. The van der Waals surface area contributed by atoms with Crippen LogP contribution in [0.15, 0.2) is 78.4 Å². The topological polar surface area (TPSA) is 299 Å². The van der Waals surface area contributed by atoms with Gasteiger partial charge in [-0.15, -0.1) is 0 Å². The summed E-state index contributed by atoms with van der Waals surface area (Å²) in [5, 5.41) is 21.1. The van der Waals surface area contributed by atoms with E-state index in [2.05, 4.69) is 20.9 Å². The molecule has 3 aromatic rings. The molecule has 0 unspecified atom stereocenters. The Morgan fingerprint density at radius 2 is 1.71 bits per heavy atom. The zero-order chi connectivity index (χ0) is 65.2. The van der Waals surface area contributed by atoms with Crippen LogP contribution in [0.4, 0.5) is 16.3 Å². The Bertz CT molecular complexity index is 3320. The number of thiocarbonyl (C=S) groups is 1. The molecule has 5 heterocycles. The highest BCUT2D eigenvalue weighted by atomic mass is 35.5. The fraction of sp³-hybridized carbons (Fsp3) is 0.523. The lowest BCUT2D eigenvalue weighted by Gasteiger charge is -2.41. The van der Waals surface area contributed by atoms with Crippen LogP contribution in [0.5, 0.6) is 0 Å². The molecule has 4 aliphatic rings. The number of rotatable bonds is 22. The van der Waals surface area contributed by atoms with Crippen LogP contribution in [0.2, 0.25) is 5.02 Å². The molecule has 0 aliphatic carbocycles. The quantitative estimate of drug-likeness (QED) is 0.0216. The molecule has 2 fully saturated rings. The number of benzene rings is 2. The van der Waals surface area contributed by atoms with Crippen LogP contribution in [-0.4, -0.2) is 160 Å². The predicted molar refractivity (Wildman–Crippen MR) is 339 cm³/mol. The summed E-state index contributed by atoms with van der Waals surface area (Å²) in [5.74, 6) is -5.21. The maximum Gasteiger partial charge on any atom is 0.328 e. The first-order valence-electron chi connectivity index (χ1n) is 30.1. The van der Waals surface area contributed by atoms with Crippen LogP contribution < -0.4 is 26.6 Å². The van der Waals surface area contributed by atoms with Gasteiger partial charge >= 0.3 is 18.0 Å². The maximum absolute atomic E-state index is 14.5. The number of pyridine rings is 1. The summed E-state index contributed by atoms with van der Waals surface area (Å²) in [6.45, 7) is 13.0. The summed E-state index contributed by atoms with van der Waals surface area (Å²) in [6.07, 6.45) is 7.32. The molecule has 2 aromatic carbocycles. The van der Waals surface area contributed by atoms with Gasteiger partial charge in [0.25, 0.3) is 17.7 Å². The van der Waals surface area contributed by atoms with Crippen molar-refractivity contribution >= 4 is 105 Å². The molecule has 4 aliphatic heterocycles. The second-order valence-electron chi connectivity index (χ2n) is 24.4. The standard InChI is InChI=1S/C65H83ClN8O14S/c1-36(2)45(32-44(89)17-12-11-13-27-74-53(75)24-25-54(74)76)59(79)70-47(18-15-26-68-63(67)83)60(80)71-52-23-21-42-31-43(20-22-46(42)69-52)61(81)72(8)40(6)62(82)87-51-33-55(77)73(9)48-30-41(29-38(4)57(48)66)28-37(3)16-14-19-50(85-10)65(84)34-49(86-56(78)35-65)39(5)58-64(51,7)88-58/h14,16,19-25,29-31,36,39-40,45,47,49-51,58,84H,11-13,15,17-18,26-28,32-35H2,1-10H3,(H,70,79)(H3,67,68,83)(H,69,71,80)/b19-14+,37-16+/t39-,40+,45+,47+,49+,50-,51+,58+,64+,65-/m1/s1. The monoisotopic (exact) mass is 1270 g/mol. The van der Waals surface area contributed by atoms with E-state index in [9.17, 15) is 48.3 Å². The SMILES string of the molecule is CO[C@@H]1/C=C/C=C(\C)Cc2cc(C)c(Cl)c(c2)N(C)C(=O)C[C@H](OC(=O)[C@H](C)N(C)C(=O)c2ccc3nc(NC(=O)[C@H](CCCNC(N)=O)NC(=O)[C@@H](CC(=S)CCCCCN4C(=O)C=CC4=O)C(C)C)ccc3c2)[C@]2(C)O[C@H]2[C@H](C)[C@@H]2C[C@@]1(O)CC(=O)O2. The number of hydrogen-bond donors (Lipinski definition) is 5. The fourth-order valence-corrected chi connectivity index (χ4v) is 12.2. The summed E-state index contributed by atoms with van der Waals surface area (Å²) in [6, 6.07) is 8.67. The summed E-state index contributed by atoms with van der Waals surface area (Å²) < 4.78 is 24.3. The molecule has 22 nitrogen and oxygen atoms in total. The number of urea groups is 1. The number of unbranched alkanes of at least 4 members (excludes halogenated alkanes) is 2. The number of esters is 2. The third kappa shape index (κ3) is 17.3. The first-order chi connectivity index (χ1) is 42.0. The Morgan fingerprint density at radius 1 is 0.989 bits per heavy atom. The smallest absolute Gasteiger partial charge is 0.328 e. The van der Waals surface area contributed by atoms with Crippen LogP contribution in [0.25, 0.3) is 10.9 Å². The minimum atomic E-state index is -1.64. The number of aryl methyl sites for hydroxylation is 1. The minimum absolute atomic E-state index is 0.00250. The summed E-state index contributed by atoms with van der Waals surface area (Å²) in [7, 11) is 4.49. The van der Waals surface area contributed by atoms with Gasteiger partial charge in [-0.3, -0.25) is 38.5 Å². The van der Waals surface area contributed by atoms with E-state index in [4.69, 9.17) is 48.5 Å². The lowest BCUT2D eigenvalue weighted by molar-refractivity contribution is -0.187. The first kappa shape index (κ1) is 69.0. The van der Waals surface area contributed by atoms with E-state index in [1.54, 1.807) is 57.3 Å². The molecule has 0 saturated carbocycles. The molecule has 6 N–H and O–H groups in total. The van der Waals surface area contributed by atoms with Crippen molar-refractivity contribution in [1.29, 1.82) is 0 Å². The van der Waals surface area contributed by atoms with Crippen LogP contribution in [0.1, 0.15) is 127 Å². The first-order valence-corrected chi connectivity index (χ1v) is 30.9. The number of likely N-dealkylation sites (N-methyl/N-ethyl adjacent to an activating group) is 1. The number of fused-ring (bicyclic) bond motifs is 6. The number of ether oxygens (including phenoxy) is 4. The van der Waals surface area contributed by atoms with Gasteiger partial charge in [0, 0.05) is 75.7 Å². The number of methoxy groups -OCH3 is 1. The van der Waals surface area contributed by atoms with Crippen molar-refractivity contribution < 1.29 is 67.2 Å². The van der Waals surface area contributed by atoms with Crippen LogP contribution in [-0.2, 0) is 58.9 Å². The Hall–Kier alpha value is -7.44. The summed E-state index contributed by atoms with van der Waals surface area (Å²) in [5.41, 5.74) is 5.93. The molecular formula is C65H83ClN8O14S. The number of epoxide rings is 1. The minimum Gasteiger partial charge on any atom is -0.462 e. The molecule has 4 bridgehead atoms. The number of primary amides is 1. The molecule has 0 radical (unpaired) electrons. The number of aromatic nitrogens is 1. The average Bonchev–Trinajstić information content (AvgIpc) is 1.72. The predicted octanol–water partition coefficient (Wildman–Crippen LogP) is 7.32. The fourth-order valence-electron chi connectivity index (χ4n) is 11.7. The van der Waals surface area contributed by atoms with Crippen molar-refractivity contribution in [2.24, 2.45) is 23.5 Å². The molecular weight excluding hydrogens is 1180 g/mol. The second-order valence-corrected chi connectivity index (χ2v) is 25.4. The zero-order valence-corrected chi connectivity index (χ0v) is 53.8. The number of hydrogen-bond acceptors (Lipinski definition) is 16. The summed E-state index contributed by atoms with van der Waals surface area (Å²) in [4.78, 5) is 129. The van der Waals surface area contributed by atoms with Crippen molar-refractivity contribution in [3.63, 3.8) is 0 Å². The van der Waals surface area contributed by atoms with E-state index >= 15 is 0 Å². The molecule has 8 amide bonds. The Labute approximate surface area is 529 Å². The Balaban J connectivity index is 1.03. The molecule has 7 rings (SSSR count). The number of nitrogens with one attached hydrogen (secondary N) is 3. The molecule has 480 valence electrons. The molecule has 1 aromatic heterocycles. The number of imide groups is 1. The molecule has 24 heteroatoms. The number of allylic oxidation sites excluding steroid dienone is 3. The number of carbonyl (C=O) groups excluding carboxylic acids is 9. The van der Waals surface area contributed by atoms with Gasteiger partial charge < -0.3 is 55.5 Å². The van der Waals surface area contributed by atoms with Crippen molar-refractivity contribution in [2.45, 2.75) is 167 Å². The van der Waals surface area contributed by atoms with Gasteiger partial charge in [-0.05, 0) is 131 Å². The second kappa shape index (κ2) is 29.9. The highest BCUT2D eigenvalue weighted by Crippen LogP contribution is 2.50. The number of anilines is 2. The number of carbonyl (C=O) groups is 9. The maximum atomic E-state index is 14.5. The van der Waals surface area contributed by atoms with Gasteiger partial charge in [-0.25, -0.2) is 14.6 Å². The van der Waals surface area contributed by atoms with Crippen molar-refractivity contribution in [1.82, 2.24) is 25.4 Å². The van der Waals surface area contributed by atoms with Crippen LogP contribution >= 0.6 is 23.8 Å². The molecule has 2 saturated heterocycles. The average molecular weight is 1270 g/mol. The van der Waals surface area contributed by atoms with Crippen LogP contribution in [0, 0.1) is 24.7 Å². The number of amides is 8. The van der Waals surface area contributed by atoms with Gasteiger partial charge in [0.15, 0.2) is 0 Å². The van der Waals surface area contributed by atoms with Crippen molar-refractivity contribution in [3.05, 3.63) is 100 Å². The molecule has 89 heavy (non-hydrogen) atoms. The number of nitrogens with two attached hydrogens (primary N) is 1. The van der Waals surface area contributed by atoms with Gasteiger partial charge in [-0.1, -0.05) is 80.9 Å². The number of nitrogens with zero attached hydrogens (tertiary/aromatic N) is 4. The van der Waals surface area contributed by atoms with Gasteiger partial charge in [0.1, 0.15) is 47.4 Å². The van der Waals surface area contributed by atoms with Gasteiger partial charge in [0.2, 0.25) is 17.7 Å². The Morgan fingerprint density at radius 3 is 2.39 bits per heavy atom. The Kier molecular flexibility index (Phi) is 23.2. The van der Waals surface area contributed by atoms with E-state index in [1.165, 1.54) is 54.0 Å². The number of aliphatic hydroxyl groups is 1. The molecule has 0 spiro atoms. The normalized spacial score (nSPS) is 24.8. The van der Waals surface area contributed by atoms with Crippen molar-refractivity contribution in [3.8, 4) is 0 Å². The highest BCUT2D eigenvalue weighted by molar-refractivity contribution is 7.80. The zero-order valence-electron chi connectivity index (χ0n) is 52.2. The lowest BCUT2D eigenvalue weighted by Crippen LogP contribution is -2.53. The lowest BCUT2D eigenvalue weighted by atomic mass is 9.78.